The Morgan fingerprint density at radius 1 is 1.15 bits per heavy atom. The molecule has 0 aromatic rings. The number of hydrogen-bond donors (Lipinski definition) is 2. The van der Waals surface area contributed by atoms with Crippen molar-refractivity contribution in [3.63, 3.8) is 0 Å². The molecule has 1 amide bonds. The van der Waals surface area contributed by atoms with Crippen LogP contribution in [0.4, 0.5) is 0 Å². The summed E-state index contributed by atoms with van der Waals surface area (Å²) in [6.07, 6.45) is 7.88. The molecule has 4 bridgehead atoms. The molecule has 1 unspecified atom stereocenters. The molecule has 0 aromatic carbocycles. The molecular weight excluding hydrogens is 254 g/mol. The van der Waals surface area contributed by atoms with Gasteiger partial charge in [-0.2, -0.15) is 0 Å². The van der Waals surface area contributed by atoms with E-state index in [1.807, 2.05) is 0 Å². The molecule has 4 heteroatoms. The summed E-state index contributed by atoms with van der Waals surface area (Å²) in [5.41, 5.74) is 0. The zero-order valence-corrected chi connectivity index (χ0v) is 11.8. The predicted octanol–water partition coefficient (Wildman–Crippen LogP) is 2.20. The van der Waals surface area contributed by atoms with Gasteiger partial charge >= 0.3 is 5.97 Å². The summed E-state index contributed by atoms with van der Waals surface area (Å²) in [5, 5.41) is 11.9. The van der Waals surface area contributed by atoms with Crippen LogP contribution in [-0.4, -0.2) is 23.0 Å². The highest BCUT2D eigenvalue weighted by Gasteiger charge is 2.51. The maximum atomic E-state index is 12.5. The number of nitrogens with one attached hydrogen (secondary N) is 1. The second-order valence-electron chi connectivity index (χ2n) is 6.88. The third-order valence-electron chi connectivity index (χ3n) is 5.55. The van der Waals surface area contributed by atoms with Crippen molar-refractivity contribution in [1.82, 2.24) is 5.32 Å². The standard InChI is InChI=1S/C16H23NO3/c1-2-3-13(16(19)20)17-15(18)14-11-5-9-4-10(7-11)8-12(14)6-9/h2,9-14H,1,3-8H2,(H,17,18)(H,19,20). The third kappa shape index (κ3) is 2.36. The molecule has 0 aromatic heterocycles. The SMILES string of the molecule is C=CCC(NC(=O)C1C2CC3CC(C2)CC1C3)C(=O)O. The van der Waals surface area contributed by atoms with Crippen molar-refractivity contribution in [2.45, 2.75) is 44.6 Å². The highest BCUT2D eigenvalue weighted by molar-refractivity contribution is 5.85. The maximum absolute atomic E-state index is 12.5. The van der Waals surface area contributed by atoms with E-state index in [-0.39, 0.29) is 18.2 Å². The largest absolute Gasteiger partial charge is 0.480 e. The van der Waals surface area contributed by atoms with Crippen molar-refractivity contribution in [3.8, 4) is 0 Å². The third-order valence-corrected chi connectivity index (χ3v) is 5.55. The van der Waals surface area contributed by atoms with E-state index in [1.54, 1.807) is 6.08 Å². The first-order valence-electron chi connectivity index (χ1n) is 7.72. The van der Waals surface area contributed by atoms with Crippen LogP contribution in [0.25, 0.3) is 0 Å². The number of carboxylic acids is 1. The van der Waals surface area contributed by atoms with Crippen molar-refractivity contribution in [3.05, 3.63) is 12.7 Å². The minimum Gasteiger partial charge on any atom is -0.480 e. The quantitative estimate of drug-likeness (QED) is 0.757. The monoisotopic (exact) mass is 277 g/mol. The van der Waals surface area contributed by atoms with Crippen molar-refractivity contribution in [1.29, 1.82) is 0 Å². The van der Waals surface area contributed by atoms with Gasteiger partial charge in [0.1, 0.15) is 6.04 Å². The van der Waals surface area contributed by atoms with Crippen LogP contribution in [0.3, 0.4) is 0 Å². The van der Waals surface area contributed by atoms with Gasteiger partial charge in [-0.3, -0.25) is 4.79 Å². The topological polar surface area (TPSA) is 66.4 Å². The highest BCUT2D eigenvalue weighted by Crippen LogP contribution is 2.56. The van der Waals surface area contributed by atoms with Crippen molar-refractivity contribution >= 4 is 11.9 Å². The van der Waals surface area contributed by atoms with E-state index in [0.717, 1.165) is 11.8 Å². The van der Waals surface area contributed by atoms with Crippen molar-refractivity contribution < 1.29 is 14.7 Å². The van der Waals surface area contributed by atoms with Gasteiger partial charge in [-0.15, -0.1) is 6.58 Å². The predicted molar refractivity (Wildman–Crippen MR) is 74.9 cm³/mol. The van der Waals surface area contributed by atoms with Crippen molar-refractivity contribution in [2.24, 2.45) is 29.6 Å². The molecular formula is C16H23NO3. The lowest BCUT2D eigenvalue weighted by Crippen LogP contribution is -2.53. The number of amides is 1. The minimum absolute atomic E-state index is 0.0342. The summed E-state index contributed by atoms with van der Waals surface area (Å²) in [4.78, 5) is 23.7. The molecule has 4 saturated carbocycles. The minimum atomic E-state index is -0.970. The van der Waals surface area contributed by atoms with E-state index < -0.39 is 12.0 Å². The molecule has 4 nitrogen and oxygen atoms in total. The highest BCUT2D eigenvalue weighted by atomic mass is 16.4. The average molecular weight is 277 g/mol. The zero-order chi connectivity index (χ0) is 14.3. The summed E-state index contributed by atoms with van der Waals surface area (Å²) in [6, 6.07) is -0.822. The Morgan fingerprint density at radius 2 is 1.70 bits per heavy atom. The van der Waals surface area contributed by atoms with Gasteiger partial charge in [0.15, 0.2) is 0 Å². The number of rotatable bonds is 5. The van der Waals surface area contributed by atoms with Gasteiger partial charge < -0.3 is 10.4 Å². The molecule has 4 rings (SSSR count). The summed E-state index contributed by atoms with van der Waals surface area (Å²) in [7, 11) is 0. The molecule has 0 spiro atoms. The molecule has 0 aliphatic heterocycles. The fourth-order valence-corrected chi connectivity index (χ4v) is 5.01. The lowest BCUT2D eigenvalue weighted by atomic mass is 9.51. The van der Waals surface area contributed by atoms with Gasteiger partial charge in [0.25, 0.3) is 0 Å². The van der Waals surface area contributed by atoms with E-state index in [1.165, 1.54) is 32.1 Å². The van der Waals surface area contributed by atoms with Crippen LogP contribution in [0.15, 0.2) is 12.7 Å². The van der Waals surface area contributed by atoms with Crippen molar-refractivity contribution in [2.75, 3.05) is 0 Å². The fourth-order valence-electron chi connectivity index (χ4n) is 5.01. The van der Waals surface area contributed by atoms with Crippen LogP contribution in [0.5, 0.6) is 0 Å². The first-order chi connectivity index (χ1) is 9.58. The first kappa shape index (κ1) is 13.7. The molecule has 110 valence electrons. The molecule has 4 aliphatic rings. The lowest BCUT2D eigenvalue weighted by Gasteiger charge is -2.53. The van der Waals surface area contributed by atoms with E-state index >= 15 is 0 Å². The van der Waals surface area contributed by atoms with Crippen LogP contribution in [0, 0.1) is 29.6 Å². The zero-order valence-electron chi connectivity index (χ0n) is 11.8. The second-order valence-corrected chi connectivity index (χ2v) is 6.88. The van der Waals surface area contributed by atoms with Crippen LogP contribution in [0.2, 0.25) is 0 Å². The van der Waals surface area contributed by atoms with Gasteiger partial charge in [0.2, 0.25) is 5.91 Å². The Bertz CT molecular complexity index is 403. The number of aliphatic carboxylic acids is 1. The molecule has 4 aliphatic carbocycles. The van der Waals surface area contributed by atoms with Crippen LogP contribution in [0.1, 0.15) is 38.5 Å². The average Bonchev–Trinajstić information content (AvgIpc) is 2.36. The lowest BCUT2D eigenvalue weighted by molar-refractivity contribution is -0.146. The van der Waals surface area contributed by atoms with Gasteiger partial charge in [0, 0.05) is 5.92 Å². The molecule has 0 saturated heterocycles. The number of carboxylic acid groups (broad SMARTS) is 1. The number of carbonyl (C=O) groups excluding carboxylic acids is 1. The summed E-state index contributed by atoms with van der Waals surface area (Å²) >= 11 is 0. The van der Waals surface area contributed by atoms with Gasteiger partial charge in [-0.25, -0.2) is 4.79 Å². The Morgan fingerprint density at radius 3 is 2.15 bits per heavy atom. The van der Waals surface area contributed by atoms with E-state index in [4.69, 9.17) is 5.11 Å². The smallest absolute Gasteiger partial charge is 0.326 e. The van der Waals surface area contributed by atoms with Crippen LogP contribution in [-0.2, 0) is 9.59 Å². The summed E-state index contributed by atoms with van der Waals surface area (Å²) in [6.45, 7) is 3.56. The van der Waals surface area contributed by atoms with Gasteiger partial charge in [-0.05, 0) is 62.2 Å². The molecule has 20 heavy (non-hydrogen) atoms. The van der Waals surface area contributed by atoms with Gasteiger partial charge in [0.05, 0.1) is 0 Å². The molecule has 2 N–H and O–H groups in total. The maximum Gasteiger partial charge on any atom is 0.326 e. The van der Waals surface area contributed by atoms with Crippen LogP contribution < -0.4 is 5.32 Å². The normalized spacial score (nSPS) is 39.3. The van der Waals surface area contributed by atoms with Gasteiger partial charge in [-0.1, -0.05) is 6.08 Å². The number of hydrogen-bond acceptors (Lipinski definition) is 2. The van der Waals surface area contributed by atoms with E-state index in [0.29, 0.717) is 11.8 Å². The molecule has 1 atom stereocenters. The summed E-state index contributed by atoms with van der Waals surface area (Å²) in [5.74, 6) is 1.67. The fraction of sp³-hybridized carbons (Fsp3) is 0.750. The first-order valence-corrected chi connectivity index (χ1v) is 7.72. The molecule has 0 heterocycles. The second kappa shape index (κ2) is 5.23. The Kier molecular flexibility index (Phi) is 3.57. The van der Waals surface area contributed by atoms with E-state index in [9.17, 15) is 9.59 Å². The van der Waals surface area contributed by atoms with Crippen LogP contribution >= 0.6 is 0 Å². The van der Waals surface area contributed by atoms with E-state index in [2.05, 4.69) is 11.9 Å². The molecule has 0 radical (unpaired) electrons. The number of carbonyl (C=O) groups is 2. The Hall–Kier alpha value is -1.32. The Balaban J connectivity index is 1.68. The Labute approximate surface area is 119 Å². The summed E-state index contributed by atoms with van der Waals surface area (Å²) < 4.78 is 0. The molecule has 4 fully saturated rings.